The molecule has 1 atom stereocenters. The summed E-state index contributed by atoms with van der Waals surface area (Å²) >= 11 is 0. The third kappa shape index (κ3) is 6.43. The summed E-state index contributed by atoms with van der Waals surface area (Å²) in [5.41, 5.74) is 6.75. The minimum atomic E-state index is -0.992. The van der Waals surface area contributed by atoms with E-state index in [1.807, 2.05) is 0 Å². The summed E-state index contributed by atoms with van der Waals surface area (Å²) in [5, 5.41) is 5.06. The fourth-order valence-electron chi connectivity index (χ4n) is 2.17. The van der Waals surface area contributed by atoms with Crippen LogP contribution in [0.2, 0.25) is 0 Å². The fraction of sp³-hybridized carbons (Fsp3) is 0.211. The Hall–Kier alpha value is -3.42. The summed E-state index contributed by atoms with van der Waals surface area (Å²) in [6.45, 7) is 1.90. The number of nitrogens with one attached hydrogen (secondary N) is 2. The molecule has 3 amide bonds. The highest BCUT2D eigenvalue weighted by Crippen LogP contribution is 2.08. The highest BCUT2D eigenvalue weighted by Gasteiger charge is 2.18. The monoisotopic (exact) mass is 373 g/mol. The summed E-state index contributed by atoms with van der Waals surface area (Å²) in [5.74, 6) is -1.47. The molecule has 0 bridgehead atoms. The van der Waals surface area contributed by atoms with Gasteiger partial charge in [-0.25, -0.2) is 14.0 Å². The number of ether oxygens (including phenoxy) is 1. The first kappa shape index (κ1) is 19.9. The zero-order valence-electron chi connectivity index (χ0n) is 14.7. The van der Waals surface area contributed by atoms with Crippen molar-refractivity contribution < 1.29 is 23.5 Å². The molecule has 0 aromatic heterocycles. The van der Waals surface area contributed by atoms with E-state index in [1.165, 1.54) is 31.2 Å². The second kappa shape index (κ2) is 9.33. The predicted molar refractivity (Wildman–Crippen MR) is 96.0 cm³/mol. The topological polar surface area (TPSA) is 111 Å². The van der Waals surface area contributed by atoms with E-state index in [2.05, 4.69) is 10.6 Å². The normalized spacial score (nSPS) is 11.3. The smallest absolute Gasteiger partial charge is 0.338 e. The number of hydrogen-bond donors (Lipinski definition) is 3. The minimum absolute atomic E-state index is 0.197. The SMILES string of the molecule is CC(OC(=O)c1ccc(CNC(N)=O)cc1)C(=O)NCc1ccc(F)cc1. The van der Waals surface area contributed by atoms with Crippen molar-refractivity contribution in [2.75, 3.05) is 0 Å². The summed E-state index contributed by atoms with van der Waals surface area (Å²) in [7, 11) is 0. The first-order valence-corrected chi connectivity index (χ1v) is 8.20. The Kier molecular flexibility index (Phi) is 6.87. The Labute approximate surface area is 155 Å². The van der Waals surface area contributed by atoms with Crippen molar-refractivity contribution in [3.05, 3.63) is 71.0 Å². The molecular formula is C19H20FN3O4. The average molecular weight is 373 g/mol. The van der Waals surface area contributed by atoms with E-state index in [-0.39, 0.29) is 24.5 Å². The minimum Gasteiger partial charge on any atom is -0.449 e. The number of nitrogens with two attached hydrogens (primary N) is 1. The lowest BCUT2D eigenvalue weighted by molar-refractivity contribution is -0.129. The van der Waals surface area contributed by atoms with Crippen LogP contribution in [-0.2, 0) is 22.6 Å². The van der Waals surface area contributed by atoms with Gasteiger partial charge in [-0.3, -0.25) is 4.79 Å². The van der Waals surface area contributed by atoms with Crippen LogP contribution >= 0.6 is 0 Å². The lowest BCUT2D eigenvalue weighted by Crippen LogP contribution is -2.35. The van der Waals surface area contributed by atoms with Gasteiger partial charge in [0.2, 0.25) is 0 Å². The maximum Gasteiger partial charge on any atom is 0.338 e. The lowest BCUT2D eigenvalue weighted by atomic mass is 10.1. The maximum absolute atomic E-state index is 12.9. The maximum atomic E-state index is 12.9. The second-order valence-corrected chi connectivity index (χ2v) is 5.81. The number of carbonyl (C=O) groups excluding carboxylic acids is 3. The van der Waals surface area contributed by atoms with Gasteiger partial charge in [0.1, 0.15) is 5.82 Å². The van der Waals surface area contributed by atoms with Crippen LogP contribution in [0.15, 0.2) is 48.5 Å². The molecule has 0 heterocycles. The van der Waals surface area contributed by atoms with E-state index < -0.39 is 24.0 Å². The standard InChI is InChI=1S/C19H20FN3O4/c1-12(17(24)22-10-14-4-8-16(20)9-5-14)27-18(25)15-6-2-13(3-7-15)11-23-19(21)26/h2-9,12H,10-11H2,1H3,(H,22,24)(H3,21,23,26). The van der Waals surface area contributed by atoms with E-state index in [9.17, 15) is 18.8 Å². The third-order valence-corrected chi connectivity index (χ3v) is 3.69. The molecule has 0 saturated carbocycles. The number of hydrogen-bond acceptors (Lipinski definition) is 4. The van der Waals surface area contributed by atoms with Gasteiger partial charge in [-0.15, -0.1) is 0 Å². The van der Waals surface area contributed by atoms with E-state index in [0.717, 1.165) is 11.1 Å². The van der Waals surface area contributed by atoms with Crippen molar-refractivity contribution in [3.8, 4) is 0 Å². The largest absolute Gasteiger partial charge is 0.449 e. The van der Waals surface area contributed by atoms with Crippen molar-refractivity contribution in [2.45, 2.75) is 26.1 Å². The van der Waals surface area contributed by atoms with Gasteiger partial charge in [0, 0.05) is 13.1 Å². The number of carbonyl (C=O) groups is 3. The average Bonchev–Trinajstić information content (AvgIpc) is 2.65. The molecule has 0 aliphatic heterocycles. The van der Waals surface area contributed by atoms with Crippen LogP contribution < -0.4 is 16.4 Å². The predicted octanol–water partition coefficient (Wildman–Crippen LogP) is 1.86. The van der Waals surface area contributed by atoms with Crippen LogP contribution in [0.1, 0.15) is 28.4 Å². The molecule has 0 aliphatic carbocycles. The Balaban J connectivity index is 1.83. The molecule has 2 aromatic rings. The van der Waals surface area contributed by atoms with Gasteiger partial charge in [0.25, 0.3) is 5.91 Å². The molecule has 0 saturated heterocycles. The molecule has 142 valence electrons. The van der Waals surface area contributed by atoms with E-state index in [0.29, 0.717) is 0 Å². The molecule has 0 fully saturated rings. The number of primary amides is 1. The first-order chi connectivity index (χ1) is 12.8. The number of amides is 3. The number of rotatable bonds is 7. The molecule has 4 N–H and O–H groups in total. The van der Waals surface area contributed by atoms with Gasteiger partial charge in [-0.1, -0.05) is 24.3 Å². The summed E-state index contributed by atoms with van der Waals surface area (Å²) in [6.07, 6.45) is -0.992. The molecule has 8 heteroatoms. The summed E-state index contributed by atoms with van der Waals surface area (Å²) in [4.78, 5) is 34.8. The van der Waals surface area contributed by atoms with E-state index in [1.54, 1.807) is 24.3 Å². The number of benzene rings is 2. The van der Waals surface area contributed by atoms with Crippen molar-refractivity contribution in [3.63, 3.8) is 0 Å². The highest BCUT2D eigenvalue weighted by atomic mass is 19.1. The van der Waals surface area contributed by atoms with E-state index in [4.69, 9.17) is 10.5 Å². The molecule has 27 heavy (non-hydrogen) atoms. The first-order valence-electron chi connectivity index (χ1n) is 8.20. The Morgan fingerprint density at radius 2 is 1.48 bits per heavy atom. The molecule has 0 aliphatic rings. The lowest BCUT2D eigenvalue weighted by Gasteiger charge is -2.14. The number of urea groups is 1. The van der Waals surface area contributed by atoms with Gasteiger partial charge in [0.15, 0.2) is 6.10 Å². The van der Waals surface area contributed by atoms with Crippen molar-refractivity contribution in [1.82, 2.24) is 10.6 Å². The van der Waals surface area contributed by atoms with Crippen molar-refractivity contribution in [2.24, 2.45) is 5.73 Å². The zero-order valence-corrected chi connectivity index (χ0v) is 14.7. The van der Waals surface area contributed by atoms with Gasteiger partial charge in [-0.2, -0.15) is 0 Å². The van der Waals surface area contributed by atoms with Crippen molar-refractivity contribution in [1.29, 1.82) is 0 Å². The van der Waals surface area contributed by atoms with E-state index >= 15 is 0 Å². The summed E-state index contributed by atoms with van der Waals surface area (Å²) < 4.78 is 18.0. The van der Waals surface area contributed by atoms with Crippen molar-refractivity contribution >= 4 is 17.9 Å². The fourth-order valence-corrected chi connectivity index (χ4v) is 2.17. The van der Waals surface area contributed by atoms with Crippen LogP contribution in [0.3, 0.4) is 0 Å². The molecule has 7 nitrogen and oxygen atoms in total. The van der Waals surface area contributed by atoms with Crippen LogP contribution in [0.25, 0.3) is 0 Å². The quantitative estimate of drug-likeness (QED) is 0.643. The van der Waals surface area contributed by atoms with Crippen LogP contribution in [-0.4, -0.2) is 24.0 Å². The van der Waals surface area contributed by atoms with Gasteiger partial charge in [0.05, 0.1) is 5.56 Å². The molecule has 2 aromatic carbocycles. The van der Waals surface area contributed by atoms with Gasteiger partial charge < -0.3 is 21.1 Å². The molecular weight excluding hydrogens is 353 g/mol. The second-order valence-electron chi connectivity index (χ2n) is 5.81. The van der Waals surface area contributed by atoms with Gasteiger partial charge in [-0.05, 0) is 42.3 Å². The zero-order chi connectivity index (χ0) is 19.8. The van der Waals surface area contributed by atoms with Crippen LogP contribution in [0, 0.1) is 5.82 Å². The number of halogens is 1. The highest BCUT2D eigenvalue weighted by molar-refractivity contribution is 5.92. The summed E-state index contributed by atoms with van der Waals surface area (Å²) in [6, 6.07) is 11.4. The Bertz CT molecular complexity index is 807. The molecule has 1 unspecified atom stereocenters. The third-order valence-electron chi connectivity index (χ3n) is 3.69. The molecule has 2 rings (SSSR count). The van der Waals surface area contributed by atoms with Crippen LogP contribution in [0.4, 0.5) is 9.18 Å². The van der Waals surface area contributed by atoms with Gasteiger partial charge >= 0.3 is 12.0 Å². The Morgan fingerprint density at radius 1 is 0.963 bits per heavy atom. The Morgan fingerprint density at radius 3 is 2.04 bits per heavy atom. The van der Waals surface area contributed by atoms with Crippen LogP contribution in [0.5, 0.6) is 0 Å². The number of esters is 1. The molecule has 0 spiro atoms. The molecule has 0 radical (unpaired) electrons.